The number of aliphatic carboxylic acids is 1. The van der Waals surface area contributed by atoms with E-state index in [9.17, 15) is 23.2 Å². The van der Waals surface area contributed by atoms with Gasteiger partial charge in [0.15, 0.2) is 0 Å². The van der Waals surface area contributed by atoms with Crippen molar-refractivity contribution in [3.05, 3.63) is 59.7 Å². The van der Waals surface area contributed by atoms with Crippen molar-refractivity contribution < 1.29 is 27.9 Å². The van der Waals surface area contributed by atoms with Gasteiger partial charge in [0.05, 0.1) is 12.1 Å². The van der Waals surface area contributed by atoms with Crippen LogP contribution >= 0.6 is 0 Å². The number of carboxylic acids is 1. The molecule has 2 aromatic carbocycles. The molecule has 1 aliphatic rings. The van der Waals surface area contributed by atoms with E-state index in [1.807, 2.05) is 36.4 Å². The van der Waals surface area contributed by atoms with Crippen LogP contribution in [0.3, 0.4) is 0 Å². The molecule has 0 unspecified atom stereocenters. The summed E-state index contributed by atoms with van der Waals surface area (Å²) >= 11 is 0. The number of nitrogens with one attached hydrogen (secondary N) is 2. The summed E-state index contributed by atoms with van der Waals surface area (Å²) < 4.78 is 31.7. The van der Waals surface area contributed by atoms with E-state index >= 15 is 0 Å². The Morgan fingerprint density at radius 3 is 2.03 bits per heavy atom. The fourth-order valence-corrected chi connectivity index (χ4v) is 3.38. The Bertz CT molecular complexity index is 981. The predicted molar refractivity (Wildman–Crippen MR) is 120 cm³/mol. The Balaban J connectivity index is 0.000000509. The highest BCUT2D eigenvalue weighted by molar-refractivity contribution is 5.82. The van der Waals surface area contributed by atoms with E-state index in [-0.39, 0.29) is 11.9 Å². The Kier molecular flexibility index (Phi) is 10.0. The second-order valence-corrected chi connectivity index (χ2v) is 7.80. The largest absolute Gasteiger partial charge is 0.490 e. The van der Waals surface area contributed by atoms with Crippen molar-refractivity contribution in [1.29, 1.82) is 5.26 Å². The van der Waals surface area contributed by atoms with Gasteiger partial charge in [0.1, 0.15) is 6.04 Å². The van der Waals surface area contributed by atoms with Crippen LogP contribution in [-0.4, -0.2) is 41.8 Å². The van der Waals surface area contributed by atoms with Crippen LogP contribution in [0.25, 0.3) is 11.1 Å². The number of hydrogen-bond acceptors (Lipinski definition) is 5. The number of halogens is 3. The molecule has 7 nitrogen and oxygen atoms in total. The van der Waals surface area contributed by atoms with Gasteiger partial charge in [0, 0.05) is 13.0 Å². The molecule has 0 radical (unpaired) electrons. The number of amides is 1. The highest BCUT2D eigenvalue weighted by atomic mass is 19.4. The maximum Gasteiger partial charge on any atom is 0.490 e. The lowest BCUT2D eigenvalue weighted by molar-refractivity contribution is -0.192. The molecule has 182 valence electrons. The first-order valence-corrected chi connectivity index (χ1v) is 10.8. The standard InChI is InChI=1S/C22H26N4O.C2HF3O2/c23-14-17-6-10-19(11-7-17)18-8-4-16(5-9-18)13-20(15-24)26-22(27)21-3-1-2-12-25-21;3-2(4,5)1(6)7/h4-11,20-21,25H,1-3,12-14,23H2,(H,26,27);(H,6,7)/t20-,21-;/m0./s1. The molecule has 10 heteroatoms. The van der Waals surface area contributed by atoms with Gasteiger partial charge in [0.25, 0.3) is 0 Å². The SMILES string of the molecule is N#C[C@H](Cc1ccc(-c2ccc(CN)cc2)cc1)NC(=O)[C@@H]1CCCCN1.O=C(O)C(F)(F)F. The molecular formula is C24H27F3N4O3. The van der Waals surface area contributed by atoms with Crippen LogP contribution in [0.2, 0.25) is 0 Å². The molecular weight excluding hydrogens is 449 g/mol. The zero-order valence-corrected chi connectivity index (χ0v) is 18.4. The topological polar surface area (TPSA) is 128 Å². The molecule has 2 aromatic rings. The number of carbonyl (C=O) groups is 2. The fraction of sp³-hybridized carbons (Fsp3) is 0.375. The first kappa shape index (κ1) is 26.8. The third kappa shape index (κ3) is 8.50. The number of benzene rings is 2. The zero-order valence-electron chi connectivity index (χ0n) is 18.4. The van der Waals surface area contributed by atoms with Crippen molar-refractivity contribution in [2.75, 3.05) is 6.54 Å². The molecule has 1 aliphatic heterocycles. The third-order valence-electron chi connectivity index (χ3n) is 5.26. The molecule has 5 N–H and O–H groups in total. The average Bonchev–Trinajstić information content (AvgIpc) is 2.84. The summed E-state index contributed by atoms with van der Waals surface area (Å²) in [6.45, 7) is 1.40. The summed E-state index contributed by atoms with van der Waals surface area (Å²) in [5.41, 5.74) is 10.0. The van der Waals surface area contributed by atoms with Gasteiger partial charge in [0.2, 0.25) is 5.91 Å². The average molecular weight is 476 g/mol. The van der Waals surface area contributed by atoms with Gasteiger partial charge in [-0.25, -0.2) is 4.79 Å². The molecule has 1 saturated heterocycles. The van der Waals surface area contributed by atoms with Crippen LogP contribution in [0.15, 0.2) is 48.5 Å². The molecule has 1 fully saturated rings. The number of piperidine rings is 1. The highest BCUT2D eigenvalue weighted by Crippen LogP contribution is 2.21. The second-order valence-electron chi connectivity index (χ2n) is 7.80. The molecule has 0 saturated carbocycles. The first-order valence-electron chi connectivity index (χ1n) is 10.8. The Morgan fingerprint density at radius 2 is 1.62 bits per heavy atom. The number of rotatable bonds is 6. The minimum Gasteiger partial charge on any atom is -0.475 e. The molecule has 3 rings (SSSR count). The van der Waals surface area contributed by atoms with Gasteiger partial charge >= 0.3 is 12.1 Å². The lowest BCUT2D eigenvalue weighted by atomic mass is 9.99. The summed E-state index contributed by atoms with van der Waals surface area (Å²) in [4.78, 5) is 21.2. The number of nitrogens with two attached hydrogens (primary N) is 1. The Labute approximate surface area is 195 Å². The van der Waals surface area contributed by atoms with Crippen molar-refractivity contribution in [3.63, 3.8) is 0 Å². The lowest BCUT2D eigenvalue weighted by Gasteiger charge is -2.23. The molecule has 0 aliphatic carbocycles. The summed E-state index contributed by atoms with van der Waals surface area (Å²) in [6.07, 6.45) is -1.59. The smallest absolute Gasteiger partial charge is 0.475 e. The number of nitrogens with zero attached hydrogens (tertiary/aromatic N) is 1. The lowest BCUT2D eigenvalue weighted by Crippen LogP contribution is -2.49. The molecule has 1 amide bonds. The summed E-state index contributed by atoms with van der Waals surface area (Å²) in [5.74, 6) is -2.83. The van der Waals surface area contributed by atoms with Crippen molar-refractivity contribution in [2.45, 2.75) is 50.5 Å². The molecule has 1 heterocycles. The Morgan fingerprint density at radius 1 is 1.09 bits per heavy atom. The number of nitriles is 1. The van der Waals surface area contributed by atoms with E-state index in [0.29, 0.717) is 13.0 Å². The van der Waals surface area contributed by atoms with Crippen LogP contribution in [-0.2, 0) is 22.6 Å². The first-order chi connectivity index (χ1) is 16.1. The Hall–Kier alpha value is -3.42. The maximum atomic E-state index is 12.3. The molecule has 0 aromatic heterocycles. The van der Waals surface area contributed by atoms with E-state index in [2.05, 4.69) is 28.8 Å². The normalized spacial score (nSPS) is 16.4. The van der Waals surface area contributed by atoms with Gasteiger partial charge in [-0.05, 0) is 41.6 Å². The molecule has 0 spiro atoms. The zero-order chi connectivity index (χ0) is 25.1. The fourth-order valence-electron chi connectivity index (χ4n) is 3.38. The number of alkyl halides is 3. The monoisotopic (exact) mass is 476 g/mol. The van der Waals surface area contributed by atoms with Gasteiger partial charge in [-0.15, -0.1) is 0 Å². The summed E-state index contributed by atoms with van der Waals surface area (Å²) in [6, 6.07) is 17.8. The van der Waals surface area contributed by atoms with Gasteiger partial charge < -0.3 is 21.5 Å². The highest BCUT2D eigenvalue weighted by Gasteiger charge is 2.38. The predicted octanol–water partition coefficient (Wildman–Crippen LogP) is 3.14. The van der Waals surface area contributed by atoms with Crippen LogP contribution in [0.4, 0.5) is 13.2 Å². The summed E-state index contributed by atoms with van der Waals surface area (Å²) in [5, 5.41) is 22.6. The van der Waals surface area contributed by atoms with Crippen molar-refractivity contribution in [2.24, 2.45) is 5.73 Å². The van der Waals surface area contributed by atoms with E-state index < -0.39 is 18.2 Å². The summed E-state index contributed by atoms with van der Waals surface area (Å²) in [7, 11) is 0. The molecule has 2 atom stereocenters. The van der Waals surface area contributed by atoms with Crippen molar-refractivity contribution in [1.82, 2.24) is 10.6 Å². The van der Waals surface area contributed by atoms with Gasteiger partial charge in [-0.3, -0.25) is 4.79 Å². The molecule has 34 heavy (non-hydrogen) atoms. The van der Waals surface area contributed by atoms with Crippen LogP contribution in [0.5, 0.6) is 0 Å². The van der Waals surface area contributed by atoms with Gasteiger partial charge in [-0.2, -0.15) is 18.4 Å². The number of carboxylic acid groups (broad SMARTS) is 1. The third-order valence-corrected chi connectivity index (χ3v) is 5.26. The maximum absolute atomic E-state index is 12.3. The van der Waals surface area contributed by atoms with E-state index in [1.165, 1.54) is 0 Å². The molecule has 0 bridgehead atoms. The van der Waals surface area contributed by atoms with Crippen LogP contribution in [0.1, 0.15) is 30.4 Å². The van der Waals surface area contributed by atoms with Crippen LogP contribution in [0, 0.1) is 11.3 Å². The quantitative estimate of drug-likeness (QED) is 0.507. The second kappa shape index (κ2) is 12.7. The van der Waals surface area contributed by atoms with Crippen molar-refractivity contribution >= 4 is 11.9 Å². The number of hydrogen-bond donors (Lipinski definition) is 4. The van der Waals surface area contributed by atoms with Crippen LogP contribution < -0.4 is 16.4 Å². The van der Waals surface area contributed by atoms with Gasteiger partial charge in [-0.1, -0.05) is 55.0 Å². The minimum absolute atomic E-state index is 0.0714. The van der Waals surface area contributed by atoms with E-state index in [1.54, 1.807) is 0 Å². The van der Waals surface area contributed by atoms with Crippen molar-refractivity contribution in [3.8, 4) is 17.2 Å². The minimum atomic E-state index is -5.08. The van der Waals surface area contributed by atoms with E-state index in [4.69, 9.17) is 15.6 Å². The number of carbonyl (C=O) groups excluding carboxylic acids is 1. The van der Waals surface area contributed by atoms with E-state index in [0.717, 1.165) is 48.1 Å².